The van der Waals surface area contributed by atoms with Crippen molar-refractivity contribution in [1.82, 2.24) is 9.99 Å². The maximum atomic E-state index is 11.8. The molecule has 1 aromatic rings. The summed E-state index contributed by atoms with van der Waals surface area (Å²) in [5, 5.41) is 2.63. The van der Waals surface area contributed by atoms with Gasteiger partial charge in [-0.1, -0.05) is 20.8 Å². The first kappa shape index (κ1) is 12.6. The lowest BCUT2D eigenvalue weighted by Gasteiger charge is -2.23. The Morgan fingerprint density at radius 1 is 1.56 bits per heavy atom. The van der Waals surface area contributed by atoms with Gasteiger partial charge >= 0.3 is 0 Å². The number of rotatable bonds is 3. The van der Waals surface area contributed by atoms with E-state index in [0.717, 1.165) is 17.7 Å². The SMILES string of the molecule is CCC(C)(C)c1cc(C)n(N)c1C(=O)NC. The lowest BCUT2D eigenvalue weighted by molar-refractivity contribution is 0.0953. The average Bonchev–Trinajstić information content (AvgIpc) is 2.55. The molecule has 16 heavy (non-hydrogen) atoms. The third-order valence-corrected chi connectivity index (χ3v) is 3.28. The third-order valence-electron chi connectivity index (χ3n) is 3.28. The topological polar surface area (TPSA) is 60.0 Å². The molecule has 1 heterocycles. The molecule has 1 amide bonds. The van der Waals surface area contributed by atoms with Gasteiger partial charge < -0.3 is 11.2 Å². The number of hydrogen-bond acceptors (Lipinski definition) is 2. The van der Waals surface area contributed by atoms with E-state index >= 15 is 0 Å². The minimum absolute atomic E-state index is 0.0444. The summed E-state index contributed by atoms with van der Waals surface area (Å²) in [6, 6.07) is 1.99. The Hall–Kier alpha value is -1.45. The number of nitrogens with one attached hydrogen (secondary N) is 1. The Bertz CT molecular complexity index is 405. The van der Waals surface area contributed by atoms with Crippen molar-refractivity contribution in [3.8, 4) is 0 Å². The fraction of sp³-hybridized carbons (Fsp3) is 0.583. The summed E-state index contributed by atoms with van der Waals surface area (Å²) in [6.45, 7) is 8.25. The molecule has 0 aliphatic heterocycles. The van der Waals surface area contributed by atoms with Crippen molar-refractivity contribution in [2.45, 2.75) is 39.5 Å². The molecule has 0 unspecified atom stereocenters. The Balaban J connectivity index is 3.40. The van der Waals surface area contributed by atoms with Crippen molar-refractivity contribution in [1.29, 1.82) is 0 Å². The average molecular weight is 223 g/mol. The molecule has 90 valence electrons. The highest BCUT2D eigenvalue weighted by Gasteiger charge is 2.28. The van der Waals surface area contributed by atoms with Gasteiger partial charge in [0.15, 0.2) is 0 Å². The highest BCUT2D eigenvalue weighted by molar-refractivity contribution is 5.94. The van der Waals surface area contributed by atoms with E-state index in [4.69, 9.17) is 5.84 Å². The quantitative estimate of drug-likeness (QED) is 0.764. The predicted octanol–water partition coefficient (Wildman–Crippen LogP) is 1.56. The first-order valence-corrected chi connectivity index (χ1v) is 5.55. The summed E-state index contributed by atoms with van der Waals surface area (Å²) >= 11 is 0. The van der Waals surface area contributed by atoms with Gasteiger partial charge in [0.05, 0.1) is 0 Å². The van der Waals surface area contributed by atoms with Crippen molar-refractivity contribution in [2.24, 2.45) is 0 Å². The Morgan fingerprint density at radius 3 is 2.56 bits per heavy atom. The Labute approximate surface area is 96.8 Å². The van der Waals surface area contributed by atoms with Gasteiger partial charge in [-0.05, 0) is 30.4 Å². The second kappa shape index (κ2) is 4.20. The van der Waals surface area contributed by atoms with E-state index in [0.29, 0.717) is 5.69 Å². The van der Waals surface area contributed by atoms with E-state index < -0.39 is 0 Å². The maximum absolute atomic E-state index is 11.8. The first-order chi connectivity index (χ1) is 7.35. The van der Waals surface area contributed by atoms with Crippen molar-refractivity contribution in [3.05, 3.63) is 23.0 Å². The van der Waals surface area contributed by atoms with Crippen molar-refractivity contribution in [3.63, 3.8) is 0 Å². The van der Waals surface area contributed by atoms with Gasteiger partial charge in [0.2, 0.25) is 0 Å². The number of carbonyl (C=O) groups is 1. The molecule has 0 radical (unpaired) electrons. The van der Waals surface area contributed by atoms with Crippen LogP contribution in [0.3, 0.4) is 0 Å². The normalized spacial score (nSPS) is 11.6. The van der Waals surface area contributed by atoms with E-state index in [1.807, 2.05) is 13.0 Å². The zero-order valence-corrected chi connectivity index (χ0v) is 10.7. The minimum Gasteiger partial charge on any atom is -0.354 e. The summed E-state index contributed by atoms with van der Waals surface area (Å²) in [6.07, 6.45) is 0.959. The number of nitrogens with zero attached hydrogens (tertiary/aromatic N) is 1. The standard InChI is InChI=1S/C12H21N3O/c1-6-12(3,4)9-7-8(2)15(13)10(9)11(16)14-5/h7H,6,13H2,1-5H3,(H,14,16). The lowest BCUT2D eigenvalue weighted by atomic mass is 9.82. The molecule has 0 aliphatic carbocycles. The zero-order valence-electron chi connectivity index (χ0n) is 10.7. The molecule has 0 aromatic carbocycles. The molecule has 0 fully saturated rings. The number of aromatic nitrogens is 1. The summed E-state index contributed by atoms with van der Waals surface area (Å²) < 4.78 is 1.46. The summed E-state index contributed by atoms with van der Waals surface area (Å²) in [5.41, 5.74) is 2.42. The second-order valence-corrected chi connectivity index (χ2v) is 4.73. The van der Waals surface area contributed by atoms with Crippen LogP contribution in [0, 0.1) is 6.92 Å². The fourth-order valence-electron chi connectivity index (χ4n) is 1.71. The molecule has 0 spiro atoms. The maximum Gasteiger partial charge on any atom is 0.269 e. The number of aryl methyl sites for hydroxylation is 1. The number of nitrogen functional groups attached to an aromatic ring is 1. The van der Waals surface area contributed by atoms with Gasteiger partial charge in [-0.25, -0.2) is 0 Å². The molecule has 0 saturated heterocycles. The minimum atomic E-state index is -0.132. The van der Waals surface area contributed by atoms with Gasteiger partial charge in [-0.3, -0.25) is 9.47 Å². The van der Waals surface area contributed by atoms with Gasteiger partial charge in [0, 0.05) is 12.7 Å². The fourth-order valence-corrected chi connectivity index (χ4v) is 1.71. The van der Waals surface area contributed by atoms with Crippen LogP contribution in [-0.4, -0.2) is 17.6 Å². The molecule has 0 aliphatic rings. The molecule has 4 heteroatoms. The van der Waals surface area contributed by atoms with E-state index in [1.165, 1.54) is 4.68 Å². The number of nitrogens with two attached hydrogens (primary N) is 1. The van der Waals surface area contributed by atoms with Crippen LogP contribution in [0.25, 0.3) is 0 Å². The summed E-state index contributed by atoms with van der Waals surface area (Å²) in [5.74, 6) is 5.75. The van der Waals surface area contributed by atoms with Crippen LogP contribution in [0.1, 0.15) is 48.9 Å². The van der Waals surface area contributed by atoms with Crippen molar-refractivity contribution < 1.29 is 4.79 Å². The van der Waals surface area contributed by atoms with Gasteiger partial charge in [-0.15, -0.1) is 0 Å². The van der Waals surface area contributed by atoms with E-state index in [9.17, 15) is 4.79 Å². The van der Waals surface area contributed by atoms with Crippen LogP contribution in [-0.2, 0) is 5.41 Å². The third kappa shape index (κ3) is 1.92. The van der Waals surface area contributed by atoms with Gasteiger partial charge in [0.1, 0.15) is 5.69 Å². The summed E-state index contributed by atoms with van der Waals surface area (Å²) in [7, 11) is 1.62. The highest BCUT2D eigenvalue weighted by Crippen LogP contribution is 2.31. The Kier molecular flexibility index (Phi) is 3.31. The van der Waals surface area contributed by atoms with Crippen molar-refractivity contribution in [2.75, 3.05) is 12.9 Å². The van der Waals surface area contributed by atoms with Crippen LogP contribution >= 0.6 is 0 Å². The first-order valence-electron chi connectivity index (χ1n) is 5.55. The number of amides is 1. The van der Waals surface area contributed by atoms with E-state index in [-0.39, 0.29) is 11.3 Å². The van der Waals surface area contributed by atoms with E-state index in [2.05, 4.69) is 26.1 Å². The van der Waals surface area contributed by atoms with Crippen LogP contribution in [0.15, 0.2) is 6.07 Å². The van der Waals surface area contributed by atoms with Gasteiger partial charge in [0.25, 0.3) is 5.91 Å². The molecule has 0 bridgehead atoms. The molecule has 3 N–H and O–H groups in total. The van der Waals surface area contributed by atoms with Gasteiger partial charge in [-0.2, -0.15) is 0 Å². The molecule has 4 nitrogen and oxygen atoms in total. The monoisotopic (exact) mass is 223 g/mol. The predicted molar refractivity (Wildman–Crippen MR) is 66.0 cm³/mol. The highest BCUT2D eigenvalue weighted by atomic mass is 16.1. The molecule has 1 rings (SSSR count). The lowest BCUT2D eigenvalue weighted by Crippen LogP contribution is -2.29. The van der Waals surface area contributed by atoms with Crippen LogP contribution in [0.4, 0.5) is 0 Å². The number of carbonyl (C=O) groups excluding carboxylic acids is 1. The smallest absolute Gasteiger partial charge is 0.269 e. The molecule has 0 atom stereocenters. The largest absolute Gasteiger partial charge is 0.354 e. The zero-order chi connectivity index (χ0) is 12.5. The molecular formula is C12H21N3O. The molecule has 0 saturated carbocycles. The van der Waals surface area contributed by atoms with Crippen LogP contribution < -0.4 is 11.2 Å². The van der Waals surface area contributed by atoms with Crippen LogP contribution in [0.2, 0.25) is 0 Å². The second-order valence-electron chi connectivity index (χ2n) is 4.73. The Morgan fingerprint density at radius 2 is 2.12 bits per heavy atom. The van der Waals surface area contributed by atoms with E-state index in [1.54, 1.807) is 7.05 Å². The number of hydrogen-bond donors (Lipinski definition) is 2. The summed E-state index contributed by atoms with van der Waals surface area (Å²) in [4.78, 5) is 11.8. The van der Waals surface area contributed by atoms with Crippen LogP contribution in [0.5, 0.6) is 0 Å². The molecule has 1 aromatic heterocycles. The van der Waals surface area contributed by atoms with Crippen molar-refractivity contribution >= 4 is 5.91 Å². The molecular weight excluding hydrogens is 202 g/mol.